The molecule has 1 amide bonds. The summed E-state index contributed by atoms with van der Waals surface area (Å²) in [5, 5.41) is 12.2. The Hall–Kier alpha value is -3.68. The van der Waals surface area contributed by atoms with Gasteiger partial charge >= 0.3 is 0 Å². The van der Waals surface area contributed by atoms with Crippen LogP contribution in [0.1, 0.15) is 23.0 Å². The van der Waals surface area contributed by atoms with E-state index in [4.69, 9.17) is 9.72 Å². The quantitative estimate of drug-likeness (QED) is 0.564. The van der Waals surface area contributed by atoms with Crippen LogP contribution in [-0.4, -0.2) is 37.6 Å². The van der Waals surface area contributed by atoms with Gasteiger partial charge in [-0.05, 0) is 44.2 Å². The predicted molar refractivity (Wildman–Crippen MR) is 111 cm³/mol. The van der Waals surface area contributed by atoms with Gasteiger partial charge in [-0.25, -0.2) is 4.98 Å². The van der Waals surface area contributed by atoms with Gasteiger partial charge in [0.2, 0.25) is 0 Å². The molecule has 8 heteroatoms. The fourth-order valence-electron chi connectivity index (χ4n) is 3.29. The van der Waals surface area contributed by atoms with Crippen LogP contribution in [0.4, 0.5) is 5.69 Å². The zero-order valence-electron chi connectivity index (χ0n) is 16.8. The first-order chi connectivity index (χ1) is 14.0. The van der Waals surface area contributed by atoms with Gasteiger partial charge in [-0.3, -0.25) is 14.2 Å². The molecule has 0 spiro atoms. The van der Waals surface area contributed by atoms with Crippen molar-refractivity contribution in [1.29, 1.82) is 0 Å². The number of carbonyl (C=O) groups excluding carboxylic acids is 1. The zero-order valence-corrected chi connectivity index (χ0v) is 16.8. The lowest BCUT2D eigenvalue weighted by Crippen LogP contribution is -2.14. The third-order valence-corrected chi connectivity index (χ3v) is 4.99. The van der Waals surface area contributed by atoms with Crippen LogP contribution in [0.3, 0.4) is 0 Å². The monoisotopic (exact) mass is 390 g/mol. The summed E-state index contributed by atoms with van der Waals surface area (Å²) in [6.45, 7) is 4.68. The fourth-order valence-corrected chi connectivity index (χ4v) is 3.29. The number of hydrogen-bond acceptors (Lipinski definition) is 5. The molecule has 4 rings (SSSR count). The first-order valence-electron chi connectivity index (χ1n) is 9.32. The van der Waals surface area contributed by atoms with E-state index in [1.54, 1.807) is 30.3 Å². The highest BCUT2D eigenvalue weighted by Crippen LogP contribution is 2.27. The number of fused-ring (bicyclic) bond motifs is 1. The summed E-state index contributed by atoms with van der Waals surface area (Å²) < 4.78 is 8.73. The summed E-state index contributed by atoms with van der Waals surface area (Å²) in [5.74, 6) is 0.538. The maximum atomic E-state index is 13.1. The molecular weight excluding hydrogens is 368 g/mol. The minimum Gasteiger partial charge on any atom is -0.497 e. The minimum absolute atomic E-state index is 0.223. The molecule has 0 saturated carbocycles. The van der Waals surface area contributed by atoms with Gasteiger partial charge in [-0.1, -0.05) is 0 Å². The third-order valence-electron chi connectivity index (χ3n) is 4.99. The molecular formula is C21H22N6O2. The van der Waals surface area contributed by atoms with Crippen LogP contribution < -0.4 is 10.1 Å². The minimum atomic E-state index is -0.223. The Morgan fingerprint density at radius 1 is 1.17 bits per heavy atom. The van der Waals surface area contributed by atoms with E-state index >= 15 is 0 Å². The largest absolute Gasteiger partial charge is 0.497 e. The summed E-state index contributed by atoms with van der Waals surface area (Å²) >= 11 is 0. The molecule has 4 aromatic rings. The van der Waals surface area contributed by atoms with Crippen molar-refractivity contribution < 1.29 is 9.53 Å². The van der Waals surface area contributed by atoms with Crippen molar-refractivity contribution in [3.8, 4) is 17.0 Å². The van der Waals surface area contributed by atoms with E-state index in [1.165, 1.54) is 0 Å². The number of rotatable bonds is 5. The van der Waals surface area contributed by atoms with Crippen molar-refractivity contribution in [3.05, 3.63) is 54.0 Å². The molecule has 1 N–H and O–H groups in total. The zero-order chi connectivity index (χ0) is 20.5. The van der Waals surface area contributed by atoms with Gasteiger partial charge in [0.05, 0.1) is 47.5 Å². The molecule has 0 unspecified atom stereocenters. The molecule has 3 heterocycles. The Morgan fingerprint density at radius 3 is 2.59 bits per heavy atom. The molecule has 0 fully saturated rings. The summed E-state index contributed by atoms with van der Waals surface area (Å²) in [7, 11) is 3.43. The van der Waals surface area contributed by atoms with Crippen LogP contribution in [0, 0.1) is 6.92 Å². The molecule has 3 aromatic heterocycles. The Morgan fingerprint density at radius 2 is 1.93 bits per heavy atom. The van der Waals surface area contributed by atoms with Crippen LogP contribution in [0.25, 0.3) is 22.3 Å². The Bertz CT molecular complexity index is 1190. The number of carbonyl (C=O) groups is 1. The lowest BCUT2D eigenvalue weighted by atomic mass is 10.1. The summed E-state index contributed by atoms with van der Waals surface area (Å²) in [6.07, 6.45) is 3.33. The number of nitrogens with one attached hydrogen (secondary N) is 1. The first-order valence-corrected chi connectivity index (χ1v) is 9.32. The van der Waals surface area contributed by atoms with Crippen molar-refractivity contribution >= 4 is 22.6 Å². The topological polar surface area (TPSA) is 86.9 Å². The van der Waals surface area contributed by atoms with Crippen LogP contribution in [-0.2, 0) is 13.6 Å². The van der Waals surface area contributed by atoms with Crippen molar-refractivity contribution in [2.45, 2.75) is 20.4 Å². The second kappa shape index (κ2) is 7.38. The first kappa shape index (κ1) is 18.7. The van der Waals surface area contributed by atoms with Crippen LogP contribution in [0.5, 0.6) is 5.75 Å². The number of pyridine rings is 1. The highest BCUT2D eigenvalue weighted by atomic mass is 16.5. The number of ether oxygens (including phenoxy) is 1. The average Bonchev–Trinajstić information content (AvgIpc) is 3.30. The Labute approximate surface area is 168 Å². The molecule has 1 aromatic carbocycles. The smallest absolute Gasteiger partial charge is 0.256 e. The van der Waals surface area contributed by atoms with Gasteiger partial charge in [0.15, 0.2) is 5.65 Å². The molecule has 0 aliphatic rings. The van der Waals surface area contributed by atoms with Crippen molar-refractivity contribution in [2.75, 3.05) is 12.4 Å². The number of aryl methyl sites for hydroxylation is 2. The molecule has 0 aliphatic heterocycles. The number of hydrogen-bond donors (Lipinski definition) is 1. The molecule has 0 radical (unpaired) electrons. The highest BCUT2D eigenvalue weighted by Gasteiger charge is 2.18. The van der Waals surface area contributed by atoms with Crippen LogP contribution in [0.15, 0.2) is 42.7 Å². The normalized spacial score (nSPS) is 11.0. The third kappa shape index (κ3) is 3.33. The number of methoxy groups -OCH3 is 1. The van der Waals surface area contributed by atoms with Gasteiger partial charge in [0.1, 0.15) is 5.75 Å². The van der Waals surface area contributed by atoms with E-state index < -0.39 is 0 Å². The van der Waals surface area contributed by atoms with Crippen molar-refractivity contribution in [1.82, 2.24) is 24.5 Å². The Kier molecular flexibility index (Phi) is 4.75. The van der Waals surface area contributed by atoms with Gasteiger partial charge in [-0.2, -0.15) is 10.2 Å². The molecule has 0 bridgehead atoms. The number of benzene rings is 1. The fraction of sp³-hybridized carbons (Fsp3) is 0.238. The van der Waals surface area contributed by atoms with Gasteiger partial charge in [0.25, 0.3) is 5.91 Å². The number of amides is 1. The number of nitrogens with zero attached hydrogens (tertiary/aromatic N) is 5. The highest BCUT2D eigenvalue weighted by molar-refractivity contribution is 6.12. The van der Waals surface area contributed by atoms with Crippen LogP contribution in [0.2, 0.25) is 0 Å². The molecule has 0 atom stereocenters. The average molecular weight is 390 g/mol. The van der Waals surface area contributed by atoms with Gasteiger partial charge in [0, 0.05) is 19.2 Å². The molecule has 29 heavy (non-hydrogen) atoms. The summed E-state index contributed by atoms with van der Waals surface area (Å²) in [6, 6.07) is 9.36. The van der Waals surface area contributed by atoms with Crippen LogP contribution >= 0.6 is 0 Å². The van der Waals surface area contributed by atoms with E-state index in [2.05, 4.69) is 15.5 Å². The second-order valence-corrected chi connectivity index (χ2v) is 6.70. The van der Waals surface area contributed by atoms with E-state index in [0.29, 0.717) is 28.0 Å². The van der Waals surface area contributed by atoms with E-state index in [1.807, 2.05) is 49.8 Å². The lowest BCUT2D eigenvalue weighted by molar-refractivity contribution is 0.102. The van der Waals surface area contributed by atoms with E-state index in [0.717, 1.165) is 23.6 Å². The summed E-state index contributed by atoms with van der Waals surface area (Å²) in [5.41, 5.74) is 4.33. The van der Waals surface area contributed by atoms with E-state index in [9.17, 15) is 4.79 Å². The lowest BCUT2D eigenvalue weighted by Gasteiger charge is -2.09. The molecule has 148 valence electrons. The molecule has 0 saturated heterocycles. The van der Waals surface area contributed by atoms with Crippen molar-refractivity contribution in [3.63, 3.8) is 0 Å². The maximum Gasteiger partial charge on any atom is 0.256 e. The molecule has 0 aliphatic carbocycles. The predicted octanol–water partition coefficient (Wildman–Crippen LogP) is 3.42. The van der Waals surface area contributed by atoms with Gasteiger partial charge < -0.3 is 10.1 Å². The molecule has 8 nitrogen and oxygen atoms in total. The Balaban J connectivity index is 1.77. The standard InChI is InChI=1S/C21H22N6O2/c1-5-27-13(2)19(12-23-27)25-21(28)16-10-18(14-6-8-15(29-4)9-7-14)24-20-17(16)11-22-26(20)3/h6-12H,5H2,1-4H3,(H,25,28). The summed E-state index contributed by atoms with van der Waals surface area (Å²) in [4.78, 5) is 17.8. The SMILES string of the molecule is CCn1ncc(NC(=O)c2cc(-c3ccc(OC)cc3)nc3c2cnn3C)c1C. The maximum absolute atomic E-state index is 13.1. The number of aromatic nitrogens is 5. The van der Waals surface area contributed by atoms with Gasteiger partial charge in [-0.15, -0.1) is 0 Å². The second-order valence-electron chi connectivity index (χ2n) is 6.70. The number of anilines is 1. The van der Waals surface area contributed by atoms with Crippen molar-refractivity contribution in [2.24, 2.45) is 7.05 Å². The van der Waals surface area contributed by atoms with E-state index in [-0.39, 0.29) is 5.91 Å².